The van der Waals surface area contributed by atoms with Gasteiger partial charge in [-0.3, -0.25) is 10.1 Å². The number of nitrogens with zero attached hydrogens (tertiary/aromatic N) is 1. The molecule has 0 fully saturated rings. The second kappa shape index (κ2) is 7.01. The number of nitrogens with one attached hydrogen (secondary N) is 1. The zero-order chi connectivity index (χ0) is 12.7. The van der Waals surface area contributed by atoms with E-state index in [2.05, 4.69) is 19.2 Å². The van der Waals surface area contributed by atoms with Crippen molar-refractivity contribution < 1.29 is 4.92 Å². The van der Waals surface area contributed by atoms with E-state index < -0.39 is 0 Å². The summed E-state index contributed by atoms with van der Waals surface area (Å²) in [5.74, 6) is 0. The molecule has 0 heterocycles. The first kappa shape index (κ1) is 13.6. The molecule has 0 radical (unpaired) electrons. The number of nitro benzene ring substituents is 1. The number of hydrogen-bond acceptors (Lipinski definition) is 3. The van der Waals surface area contributed by atoms with E-state index >= 15 is 0 Å². The Balaban J connectivity index is 2.57. The normalized spacial score (nSPS) is 12.4. The Morgan fingerprint density at radius 2 is 1.94 bits per heavy atom. The van der Waals surface area contributed by atoms with Gasteiger partial charge in [0.25, 0.3) is 5.69 Å². The fourth-order valence-electron chi connectivity index (χ4n) is 1.75. The van der Waals surface area contributed by atoms with E-state index in [0.717, 1.165) is 31.4 Å². The minimum atomic E-state index is -0.365. The zero-order valence-corrected chi connectivity index (χ0v) is 10.5. The van der Waals surface area contributed by atoms with Crippen LogP contribution in [0.2, 0.25) is 0 Å². The van der Waals surface area contributed by atoms with E-state index in [1.165, 1.54) is 0 Å². The summed E-state index contributed by atoms with van der Waals surface area (Å²) in [7, 11) is 0. The molecule has 1 unspecified atom stereocenters. The lowest BCUT2D eigenvalue weighted by atomic mass is 10.0. The van der Waals surface area contributed by atoms with Crippen LogP contribution in [0, 0.1) is 10.1 Å². The minimum absolute atomic E-state index is 0.156. The van der Waals surface area contributed by atoms with Gasteiger partial charge in [-0.2, -0.15) is 0 Å². The van der Waals surface area contributed by atoms with Crippen LogP contribution in [0.15, 0.2) is 24.3 Å². The predicted octanol–water partition coefficient (Wildman–Crippen LogP) is 2.92. The number of benzene rings is 1. The fourth-order valence-corrected chi connectivity index (χ4v) is 1.75. The van der Waals surface area contributed by atoms with Gasteiger partial charge in [-0.1, -0.05) is 26.0 Å². The lowest BCUT2D eigenvalue weighted by Gasteiger charge is -2.16. The van der Waals surface area contributed by atoms with E-state index in [1.807, 2.05) is 12.1 Å². The average molecular weight is 236 g/mol. The van der Waals surface area contributed by atoms with E-state index in [0.29, 0.717) is 6.04 Å². The smallest absolute Gasteiger partial charge is 0.269 e. The van der Waals surface area contributed by atoms with Crippen molar-refractivity contribution in [1.82, 2.24) is 5.32 Å². The van der Waals surface area contributed by atoms with Gasteiger partial charge >= 0.3 is 0 Å². The Morgan fingerprint density at radius 3 is 2.41 bits per heavy atom. The molecule has 4 heteroatoms. The number of non-ortho nitro benzene ring substituents is 1. The maximum atomic E-state index is 10.5. The summed E-state index contributed by atoms with van der Waals surface area (Å²) in [6.07, 6.45) is 3.11. The van der Waals surface area contributed by atoms with Crippen molar-refractivity contribution in [2.45, 2.75) is 39.2 Å². The van der Waals surface area contributed by atoms with Crippen molar-refractivity contribution in [2.75, 3.05) is 6.54 Å². The number of rotatable bonds is 7. The summed E-state index contributed by atoms with van der Waals surface area (Å²) in [5.41, 5.74) is 1.30. The predicted molar refractivity (Wildman–Crippen MR) is 69.2 cm³/mol. The maximum absolute atomic E-state index is 10.5. The van der Waals surface area contributed by atoms with Crippen molar-refractivity contribution >= 4 is 5.69 Å². The molecule has 0 aliphatic carbocycles. The van der Waals surface area contributed by atoms with E-state index in [9.17, 15) is 10.1 Å². The molecule has 0 bridgehead atoms. The van der Waals surface area contributed by atoms with Crippen molar-refractivity contribution in [1.29, 1.82) is 0 Å². The largest absolute Gasteiger partial charge is 0.314 e. The molecule has 17 heavy (non-hydrogen) atoms. The van der Waals surface area contributed by atoms with Gasteiger partial charge in [-0.25, -0.2) is 0 Å². The molecule has 1 aromatic carbocycles. The first-order valence-corrected chi connectivity index (χ1v) is 6.14. The van der Waals surface area contributed by atoms with E-state index in [1.54, 1.807) is 12.1 Å². The molecular weight excluding hydrogens is 216 g/mol. The monoisotopic (exact) mass is 236 g/mol. The lowest BCUT2D eigenvalue weighted by molar-refractivity contribution is -0.384. The van der Waals surface area contributed by atoms with Crippen LogP contribution in [-0.4, -0.2) is 17.5 Å². The van der Waals surface area contributed by atoms with Gasteiger partial charge in [0.1, 0.15) is 0 Å². The molecule has 0 saturated heterocycles. The highest BCUT2D eigenvalue weighted by atomic mass is 16.6. The third-order valence-electron chi connectivity index (χ3n) is 2.81. The molecular formula is C13H20N2O2. The Labute approximate surface area is 102 Å². The topological polar surface area (TPSA) is 55.2 Å². The van der Waals surface area contributed by atoms with Crippen LogP contribution in [0.3, 0.4) is 0 Å². The van der Waals surface area contributed by atoms with Crippen LogP contribution >= 0.6 is 0 Å². The molecule has 0 aliphatic rings. The zero-order valence-electron chi connectivity index (χ0n) is 10.5. The Hall–Kier alpha value is -1.42. The summed E-state index contributed by atoms with van der Waals surface area (Å²) in [5, 5.41) is 14.0. The second-order valence-corrected chi connectivity index (χ2v) is 4.19. The first-order valence-electron chi connectivity index (χ1n) is 6.14. The van der Waals surface area contributed by atoms with Crippen LogP contribution in [0.5, 0.6) is 0 Å². The molecule has 4 nitrogen and oxygen atoms in total. The molecule has 1 rings (SSSR count). The molecule has 0 amide bonds. The van der Waals surface area contributed by atoms with Gasteiger partial charge in [-0.05, 0) is 31.4 Å². The molecule has 0 saturated carbocycles. The van der Waals surface area contributed by atoms with Gasteiger partial charge in [0.05, 0.1) is 4.92 Å². The lowest BCUT2D eigenvalue weighted by Crippen LogP contribution is -2.31. The van der Waals surface area contributed by atoms with Gasteiger partial charge in [0.2, 0.25) is 0 Å². The quantitative estimate of drug-likeness (QED) is 0.585. The van der Waals surface area contributed by atoms with Crippen LogP contribution in [0.25, 0.3) is 0 Å². The van der Waals surface area contributed by atoms with Gasteiger partial charge in [0, 0.05) is 18.2 Å². The molecule has 1 N–H and O–H groups in total. The molecule has 0 spiro atoms. The van der Waals surface area contributed by atoms with Crippen LogP contribution in [0.4, 0.5) is 5.69 Å². The first-order chi connectivity index (χ1) is 8.17. The van der Waals surface area contributed by atoms with Crippen molar-refractivity contribution in [3.63, 3.8) is 0 Å². The fraction of sp³-hybridized carbons (Fsp3) is 0.538. The third-order valence-corrected chi connectivity index (χ3v) is 2.81. The van der Waals surface area contributed by atoms with Gasteiger partial charge < -0.3 is 5.32 Å². The van der Waals surface area contributed by atoms with Crippen LogP contribution < -0.4 is 5.32 Å². The maximum Gasteiger partial charge on any atom is 0.269 e. The molecule has 94 valence electrons. The summed E-state index contributed by atoms with van der Waals surface area (Å²) in [4.78, 5) is 10.2. The standard InChI is InChI=1S/C13H20N2O2/c1-3-9-14-12(4-2)10-11-5-7-13(8-6-11)15(16)17/h5-8,12,14H,3-4,9-10H2,1-2H3. The summed E-state index contributed by atoms with van der Waals surface area (Å²) >= 11 is 0. The number of nitro groups is 1. The summed E-state index contributed by atoms with van der Waals surface area (Å²) in [6.45, 7) is 5.32. The Bertz CT molecular complexity index is 349. The van der Waals surface area contributed by atoms with Crippen LogP contribution in [-0.2, 0) is 6.42 Å². The minimum Gasteiger partial charge on any atom is -0.314 e. The van der Waals surface area contributed by atoms with Crippen LogP contribution in [0.1, 0.15) is 32.3 Å². The summed E-state index contributed by atoms with van der Waals surface area (Å²) in [6, 6.07) is 7.28. The molecule has 0 aromatic heterocycles. The SMILES string of the molecule is CCCNC(CC)Cc1ccc([N+](=O)[O-])cc1. The Kier molecular flexibility index (Phi) is 5.63. The number of hydrogen-bond donors (Lipinski definition) is 1. The Morgan fingerprint density at radius 1 is 1.29 bits per heavy atom. The highest BCUT2D eigenvalue weighted by molar-refractivity contribution is 5.33. The molecule has 0 aliphatic heterocycles. The summed E-state index contributed by atoms with van der Waals surface area (Å²) < 4.78 is 0. The van der Waals surface area contributed by atoms with Crippen molar-refractivity contribution in [2.24, 2.45) is 0 Å². The highest BCUT2D eigenvalue weighted by Crippen LogP contribution is 2.13. The highest BCUT2D eigenvalue weighted by Gasteiger charge is 2.08. The van der Waals surface area contributed by atoms with E-state index in [4.69, 9.17) is 0 Å². The van der Waals surface area contributed by atoms with E-state index in [-0.39, 0.29) is 10.6 Å². The van der Waals surface area contributed by atoms with Gasteiger partial charge in [-0.15, -0.1) is 0 Å². The third kappa shape index (κ3) is 4.53. The second-order valence-electron chi connectivity index (χ2n) is 4.19. The molecule has 1 aromatic rings. The average Bonchev–Trinajstić information content (AvgIpc) is 2.35. The van der Waals surface area contributed by atoms with Gasteiger partial charge in [0.15, 0.2) is 0 Å². The van der Waals surface area contributed by atoms with Crippen molar-refractivity contribution in [3.8, 4) is 0 Å². The van der Waals surface area contributed by atoms with Crippen molar-refractivity contribution in [3.05, 3.63) is 39.9 Å². The molecule has 1 atom stereocenters.